The first-order valence-electron chi connectivity index (χ1n) is 8.51. The van der Waals surface area contributed by atoms with Crippen molar-refractivity contribution in [1.82, 2.24) is 14.8 Å². The summed E-state index contributed by atoms with van der Waals surface area (Å²) in [6, 6.07) is 13.0. The van der Waals surface area contributed by atoms with E-state index in [1.165, 1.54) is 17.8 Å². The fourth-order valence-corrected chi connectivity index (χ4v) is 3.05. The molecule has 158 valence electrons. The van der Waals surface area contributed by atoms with E-state index in [-0.39, 0.29) is 50.9 Å². The van der Waals surface area contributed by atoms with Crippen LogP contribution in [0.3, 0.4) is 0 Å². The number of benzene rings is 1. The molecule has 2 aromatic rings. The van der Waals surface area contributed by atoms with Crippen molar-refractivity contribution in [3.8, 4) is 0 Å². The number of hydrogen-bond acceptors (Lipinski definition) is 3. The van der Waals surface area contributed by atoms with Gasteiger partial charge in [0.25, 0.3) is 0 Å². The molecule has 0 aliphatic carbocycles. The Bertz CT molecular complexity index is 662. The zero-order valence-electron chi connectivity index (χ0n) is 15.3. The number of aromatic nitrogens is 1. The monoisotopic (exact) mass is 589 g/mol. The number of hydrogen-bond donors (Lipinski definition) is 0. The van der Waals surface area contributed by atoms with Gasteiger partial charge in [0.1, 0.15) is 5.69 Å². The molecule has 2 heterocycles. The maximum atomic E-state index is 12.5. The van der Waals surface area contributed by atoms with Crippen LogP contribution < -0.4 is 0 Å². The number of nitrogens with zero attached hydrogens (tertiary/aromatic N) is 3. The van der Waals surface area contributed by atoms with E-state index < -0.39 is 11.9 Å². The Morgan fingerprint density at radius 3 is 1.93 bits per heavy atom. The van der Waals surface area contributed by atoms with Crippen LogP contribution in [0.25, 0.3) is 0 Å². The first kappa shape index (κ1) is 27.5. The zero-order chi connectivity index (χ0) is 17.7. The van der Waals surface area contributed by atoms with Gasteiger partial charge < -0.3 is 4.90 Å². The second-order valence-corrected chi connectivity index (χ2v) is 6.40. The van der Waals surface area contributed by atoms with Gasteiger partial charge in [-0.05, 0) is 23.6 Å². The molecule has 0 unspecified atom stereocenters. The molecule has 28 heavy (non-hydrogen) atoms. The van der Waals surface area contributed by atoms with Gasteiger partial charge in [-0.1, -0.05) is 36.4 Å². The van der Waals surface area contributed by atoms with Gasteiger partial charge in [0, 0.05) is 45.5 Å². The maximum absolute atomic E-state index is 12.5. The molecule has 1 aliphatic heterocycles. The molecule has 3 nitrogen and oxygen atoms in total. The van der Waals surface area contributed by atoms with Gasteiger partial charge in [0.15, 0.2) is 0 Å². The predicted octanol–water partition coefficient (Wildman–Crippen LogP) is 5.19. The van der Waals surface area contributed by atoms with Crippen LogP contribution in [-0.4, -0.2) is 47.5 Å². The summed E-state index contributed by atoms with van der Waals surface area (Å²) in [5.41, 5.74) is 1.34. The van der Waals surface area contributed by atoms with Gasteiger partial charge in [0.05, 0.1) is 0 Å². The van der Waals surface area contributed by atoms with Crippen LogP contribution in [0, 0.1) is 0 Å². The van der Waals surface area contributed by atoms with Crippen LogP contribution in [-0.2, 0) is 19.1 Å². The Kier molecular flexibility index (Phi) is 12.7. The molecule has 0 bridgehead atoms. The molecule has 0 atom stereocenters. The predicted molar refractivity (Wildman–Crippen MR) is 122 cm³/mol. The third kappa shape index (κ3) is 8.49. The molecule has 1 aromatic carbocycles. The van der Waals surface area contributed by atoms with Crippen LogP contribution in [0.15, 0.2) is 48.7 Å². The van der Waals surface area contributed by atoms with E-state index >= 15 is 0 Å². The van der Waals surface area contributed by atoms with E-state index in [2.05, 4.69) is 39.0 Å². The molecule has 0 N–H and O–H groups in total. The Labute approximate surface area is 195 Å². The fraction of sp³-hybridized carbons (Fsp3) is 0.421. The minimum absolute atomic E-state index is 0. The van der Waals surface area contributed by atoms with Crippen LogP contribution in [0.1, 0.15) is 16.8 Å². The van der Waals surface area contributed by atoms with Crippen LogP contribution >= 0.6 is 50.9 Å². The van der Waals surface area contributed by atoms with E-state index in [1.54, 1.807) is 0 Å². The minimum Gasteiger partial charge on any atom is -0.300 e. The second kappa shape index (κ2) is 13.0. The standard InChI is InChI=1S/C19H22F3N3.3BrH/c20-19(21,22)18-7-6-17(14-23-18)15-25-12-10-24(11-13-25)9-8-16-4-2-1-3-5-16;;;/h1-7,14H,8-13,15H2;3*1H. The third-order valence-electron chi connectivity index (χ3n) is 4.55. The lowest BCUT2D eigenvalue weighted by molar-refractivity contribution is -0.141. The molecule has 0 amide bonds. The zero-order valence-corrected chi connectivity index (χ0v) is 20.4. The minimum atomic E-state index is -4.37. The molecular formula is C19H25Br3F3N3. The van der Waals surface area contributed by atoms with Crippen molar-refractivity contribution in [3.05, 3.63) is 65.5 Å². The molecule has 1 saturated heterocycles. The van der Waals surface area contributed by atoms with Crippen molar-refractivity contribution < 1.29 is 13.2 Å². The molecule has 0 saturated carbocycles. The summed E-state index contributed by atoms with van der Waals surface area (Å²) in [7, 11) is 0. The van der Waals surface area contributed by atoms with Gasteiger partial charge >= 0.3 is 6.18 Å². The molecule has 1 fully saturated rings. The average molecular weight is 592 g/mol. The van der Waals surface area contributed by atoms with E-state index in [1.807, 2.05) is 6.07 Å². The largest absolute Gasteiger partial charge is 0.433 e. The summed E-state index contributed by atoms with van der Waals surface area (Å²) in [5, 5.41) is 0. The van der Waals surface area contributed by atoms with Crippen molar-refractivity contribution in [3.63, 3.8) is 0 Å². The fourth-order valence-electron chi connectivity index (χ4n) is 3.05. The lowest BCUT2D eigenvalue weighted by Gasteiger charge is -2.34. The quantitative estimate of drug-likeness (QED) is 0.477. The molecule has 1 aliphatic rings. The van der Waals surface area contributed by atoms with Crippen LogP contribution in [0.4, 0.5) is 13.2 Å². The Balaban J connectivity index is 0.00000243. The van der Waals surface area contributed by atoms with Gasteiger partial charge in [-0.25, -0.2) is 0 Å². The number of piperazine rings is 1. The third-order valence-corrected chi connectivity index (χ3v) is 4.55. The smallest absolute Gasteiger partial charge is 0.300 e. The van der Waals surface area contributed by atoms with Crippen molar-refractivity contribution in [2.24, 2.45) is 0 Å². The average Bonchev–Trinajstić information content (AvgIpc) is 2.62. The SMILES string of the molecule is Br.Br.Br.FC(F)(F)c1ccc(CN2CCN(CCc3ccccc3)CC2)cn1. The maximum Gasteiger partial charge on any atom is 0.433 e. The molecule has 1 aromatic heterocycles. The van der Waals surface area contributed by atoms with Crippen molar-refractivity contribution in [2.75, 3.05) is 32.7 Å². The van der Waals surface area contributed by atoms with E-state index in [9.17, 15) is 13.2 Å². The molecule has 0 radical (unpaired) electrons. The van der Waals surface area contributed by atoms with E-state index in [0.717, 1.165) is 50.8 Å². The number of halogens is 6. The Morgan fingerprint density at radius 1 is 0.786 bits per heavy atom. The van der Waals surface area contributed by atoms with Gasteiger partial charge in [-0.2, -0.15) is 13.2 Å². The van der Waals surface area contributed by atoms with Crippen molar-refractivity contribution in [1.29, 1.82) is 0 Å². The first-order valence-corrected chi connectivity index (χ1v) is 8.51. The highest BCUT2D eigenvalue weighted by molar-refractivity contribution is 8.93. The number of alkyl halides is 3. The molecule has 3 rings (SSSR count). The molecular weight excluding hydrogens is 567 g/mol. The summed E-state index contributed by atoms with van der Waals surface area (Å²) in [6.45, 7) is 5.52. The molecule has 0 spiro atoms. The summed E-state index contributed by atoms with van der Waals surface area (Å²) >= 11 is 0. The lowest BCUT2D eigenvalue weighted by atomic mass is 10.1. The van der Waals surface area contributed by atoms with Crippen molar-refractivity contribution in [2.45, 2.75) is 19.1 Å². The molecule has 9 heteroatoms. The van der Waals surface area contributed by atoms with Gasteiger partial charge in [-0.15, -0.1) is 50.9 Å². The van der Waals surface area contributed by atoms with Crippen LogP contribution in [0.5, 0.6) is 0 Å². The highest BCUT2D eigenvalue weighted by Gasteiger charge is 2.32. The number of rotatable bonds is 5. The van der Waals surface area contributed by atoms with E-state index in [0.29, 0.717) is 6.54 Å². The summed E-state index contributed by atoms with van der Waals surface area (Å²) in [5.74, 6) is 0. The number of pyridine rings is 1. The van der Waals surface area contributed by atoms with E-state index in [4.69, 9.17) is 0 Å². The lowest BCUT2D eigenvalue weighted by Crippen LogP contribution is -2.46. The van der Waals surface area contributed by atoms with Gasteiger partial charge in [0.2, 0.25) is 0 Å². The summed E-state index contributed by atoms with van der Waals surface area (Å²) < 4.78 is 37.6. The highest BCUT2D eigenvalue weighted by Crippen LogP contribution is 2.27. The normalized spacial score (nSPS) is 15.1. The topological polar surface area (TPSA) is 19.4 Å². The van der Waals surface area contributed by atoms with Gasteiger partial charge in [-0.3, -0.25) is 9.88 Å². The summed E-state index contributed by atoms with van der Waals surface area (Å²) in [6.07, 6.45) is -1.99. The van der Waals surface area contributed by atoms with Crippen molar-refractivity contribution >= 4 is 50.9 Å². The second-order valence-electron chi connectivity index (χ2n) is 6.40. The Morgan fingerprint density at radius 2 is 1.39 bits per heavy atom. The Hall–Kier alpha value is -0.480. The first-order chi connectivity index (χ1) is 12.0. The highest BCUT2D eigenvalue weighted by atomic mass is 79.9. The summed E-state index contributed by atoms with van der Waals surface area (Å²) in [4.78, 5) is 8.24. The van der Waals surface area contributed by atoms with Crippen LogP contribution in [0.2, 0.25) is 0 Å².